The van der Waals surface area contributed by atoms with Crippen molar-refractivity contribution in [2.75, 3.05) is 38.6 Å². The molecule has 3 heterocycles. The number of carbonyl (C=O) groups is 1. The van der Waals surface area contributed by atoms with Crippen LogP contribution in [0, 0.1) is 0 Å². The number of hydroxylamine groups is 2. The van der Waals surface area contributed by atoms with E-state index < -0.39 is 10.0 Å². The number of sulfonamides is 1. The van der Waals surface area contributed by atoms with Crippen LogP contribution >= 0.6 is 0 Å². The lowest BCUT2D eigenvalue weighted by atomic mass is 10.0. The van der Waals surface area contributed by atoms with Gasteiger partial charge in [-0.2, -0.15) is 4.31 Å². The van der Waals surface area contributed by atoms with Gasteiger partial charge in [0.25, 0.3) is 5.91 Å². The van der Waals surface area contributed by atoms with Crippen LogP contribution in [0.3, 0.4) is 0 Å². The molecule has 1 saturated heterocycles. The van der Waals surface area contributed by atoms with Crippen molar-refractivity contribution in [3.05, 3.63) is 77.6 Å². The summed E-state index contributed by atoms with van der Waals surface area (Å²) in [6, 6.07) is 14.4. The zero-order valence-electron chi connectivity index (χ0n) is 23.4. The molecule has 4 N–H and O–H groups in total. The van der Waals surface area contributed by atoms with E-state index in [9.17, 15) is 13.2 Å². The first-order valence-electron chi connectivity index (χ1n) is 13.7. The number of morpholine rings is 1. The predicted molar refractivity (Wildman–Crippen MR) is 161 cm³/mol. The second-order valence-electron chi connectivity index (χ2n) is 10.1. The van der Waals surface area contributed by atoms with Crippen molar-refractivity contribution >= 4 is 39.2 Å². The summed E-state index contributed by atoms with van der Waals surface area (Å²) in [5.74, 6) is -0.00477. The average molecular weight is 591 g/mol. The first kappa shape index (κ1) is 29.4. The smallest absolute Gasteiger partial charge is 0.273 e. The summed E-state index contributed by atoms with van der Waals surface area (Å²) in [5, 5.41) is 1.36. The third-order valence-corrected chi connectivity index (χ3v) is 8.81. The summed E-state index contributed by atoms with van der Waals surface area (Å²) in [5.41, 5.74) is 16.7. The molecule has 1 aromatic heterocycles. The number of anilines is 1. The molecule has 0 aliphatic carbocycles. The number of fused-ring (bicyclic) bond motifs is 1. The topological polar surface area (TPSA) is 153 Å². The van der Waals surface area contributed by atoms with Crippen molar-refractivity contribution in [2.24, 2.45) is 10.7 Å². The van der Waals surface area contributed by atoms with E-state index >= 15 is 0 Å². The monoisotopic (exact) mass is 590 g/mol. The summed E-state index contributed by atoms with van der Waals surface area (Å²) >= 11 is 0. The molecule has 220 valence electrons. The summed E-state index contributed by atoms with van der Waals surface area (Å²) in [6.45, 7) is 3.92. The van der Waals surface area contributed by atoms with Gasteiger partial charge in [0.1, 0.15) is 17.3 Å². The highest BCUT2D eigenvalue weighted by Gasteiger charge is 2.27. The Bertz CT molecular complexity index is 1620. The van der Waals surface area contributed by atoms with E-state index in [-0.39, 0.29) is 29.7 Å². The van der Waals surface area contributed by atoms with Crippen LogP contribution in [0.1, 0.15) is 30.9 Å². The van der Waals surface area contributed by atoms with E-state index in [1.807, 2.05) is 37.3 Å². The third kappa shape index (κ3) is 6.68. The summed E-state index contributed by atoms with van der Waals surface area (Å²) in [7, 11) is -3.70. The number of ether oxygens (including phenoxy) is 1. The highest BCUT2D eigenvalue weighted by Crippen LogP contribution is 2.33. The van der Waals surface area contributed by atoms with Crippen molar-refractivity contribution < 1.29 is 22.8 Å². The lowest BCUT2D eigenvalue weighted by Gasteiger charge is -2.26. The number of rotatable bonds is 9. The molecule has 2 aromatic carbocycles. The molecule has 1 amide bonds. The van der Waals surface area contributed by atoms with Crippen molar-refractivity contribution in [1.29, 1.82) is 0 Å². The van der Waals surface area contributed by atoms with Gasteiger partial charge in [0.2, 0.25) is 10.0 Å². The number of amides is 1. The first-order chi connectivity index (χ1) is 20.2. The van der Waals surface area contributed by atoms with Crippen LogP contribution in [-0.2, 0) is 31.0 Å². The third-order valence-electron chi connectivity index (χ3n) is 6.94. The Morgan fingerprint density at radius 1 is 1.05 bits per heavy atom. The number of aromatic nitrogens is 1. The molecule has 11 nitrogen and oxygen atoms in total. The maximum absolute atomic E-state index is 13.5. The Labute approximate surface area is 245 Å². The number of aliphatic imine (C=N–C) groups is 1. The summed E-state index contributed by atoms with van der Waals surface area (Å²) in [6.07, 6.45) is 5.60. The largest absolute Gasteiger partial charge is 0.399 e. The molecular weight excluding hydrogens is 556 g/mol. The molecule has 2 aliphatic heterocycles. The van der Waals surface area contributed by atoms with Gasteiger partial charge in [-0.05, 0) is 47.9 Å². The number of hydrogen-bond acceptors (Lipinski definition) is 9. The van der Waals surface area contributed by atoms with Gasteiger partial charge in [0.15, 0.2) is 0 Å². The fraction of sp³-hybridized carbons (Fsp3) is 0.300. The molecule has 12 heteroatoms. The molecule has 0 saturated carbocycles. The van der Waals surface area contributed by atoms with Gasteiger partial charge in [-0.3, -0.25) is 14.6 Å². The van der Waals surface area contributed by atoms with Gasteiger partial charge in [-0.1, -0.05) is 31.2 Å². The summed E-state index contributed by atoms with van der Waals surface area (Å²) < 4.78 is 33.0. The Kier molecular flexibility index (Phi) is 8.97. The van der Waals surface area contributed by atoms with Gasteiger partial charge < -0.3 is 16.2 Å². The zero-order chi connectivity index (χ0) is 29.7. The predicted octanol–water partition coefficient (Wildman–Crippen LogP) is 3.50. The van der Waals surface area contributed by atoms with Gasteiger partial charge >= 0.3 is 0 Å². The fourth-order valence-corrected chi connectivity index (χ4v) is 6.11. The van der Waals surface area contributed by atoms with Crippen LogP contribution in [0.15, 0.2) is 76.4 Å². The van der Waals surface area contributed by atoms with Crippen LogP contribution in [-0.4, -0.2) is 67.4 Å². The van der Waals surface area contributed by atoms with Crippen LogP contribution in [0.4, 0.5) is 11.4 Å². The lowest BCUT2D eigenvalue weighted by Crippen LogP contribution is -2.40. The molecule has 1 fully saturated rings. The average Bonchev–Trinajstić information content (AvgIpc) is 3.17. The molecule has 3 aromatic rings. The van der Waals surface area contributed by atoms with E-state index in [1.165, 1.54) is 15.6 Å². The lowest BCUT2D eigenvalue weighted by molar-refractivity contribution is -0.187. The Hall–Kier alpha value is -4.10. The molecular formula is C30H34N6O5S. The minimum absolute atomic E-state index is 0.114. The van der Waals surface area contributed by atoms with E-state index in [0.29, 0.717) is 67.3 Å². The number of amidine groups is 1. The van der Waals surface area contributed by atoms with E-state index in [1.54, 1.807) is 30.5 Å². The molecule has 0 radical (unpaired) electrons. The quantitative estimate of drug-likeness (QED) is 0.284. The highest BCUT2D eigenvalue weighted by atomic mass is 32.2. The Morgan fingerprint density at radius 3 is 2.55 bits per heavy atom. The fourth-order valence-electron chi connectivity index (χ4n) is 4.72. The molecule has 0 spiro atoms. The minimum atomic E-state index is -3.70. The van der Waals surface area contributed by atoms with Gasteiger partial charge in [0, 0.05) is 60.8 Å². The van der Waals surface area contributed by atoms with Crippen molar-refractivity contribution in [3.63, 3.8) is 0 Å². The number of benzene rings is 2. The Morgan fingerprint density at radius 2 is 1.81 bits per heavy atom. The second kappa shape index (κ2) is 12.8. The number of pyridine rings is 1. The van der Waals surface area contributed by atoms with Crippen molar-refractivity contribution in [1.82, 2.24) is 14.4 Å². The van der Waals surface area contributed by atoms with Crippen molar-refractivity contribution in [2.45, 2.75) is 31.3 Å². The zero-order valence-corrected chi connectivity index (χ0v) is 24.2. The van der Waals surface area contributed by atoms with Gasteiger partial charge in [-0.15, -0.1) is 0 Å². The molecule has 0 atom stereocenters. The number of hydrogen-bond donors (Lipinski definition) is 2. The van der Waals surface area contributed by atoms with Crippen LogP contribution in [0.2, 0.25) is 0 Å². The molecule has 5 rings (SSSR count). The number of nitrogens with zero attached hydrogens (tertiary/aromatic N) is 4. The minimum Gasteiger partial charge on any atom is -0.399 e. The van der Waals surface area contributed by atoms with E-state index in [4.69, 9.17) is 21.0 Å². The van der Waals surface area contributed by atoms with E-state index in [0.717, 1.165) is 11.1 Å². The molecule has 42 heavy (non-hydrogen) atoms. The van der Waals surface area contributed by atoms with Gasteiger partial charge in [0.05, 0.1) is 18.9 Å². The van der Waals surface area contributed by atoms with Crippen LogP contribution in [0.25, 0.3) is 17.2 Å². The Balaban J connectivity index is 1.39. The highest BCUT2D eigenvalue weighted by molar-refractivity contribution is 7.89. The van der Waals surface area contributed by atoms with Crippen molar-refractivity contribution in [3.8, 4) is 11.1 Å². The number of nitrogen functional groups attached to an aromatic ring is 1. The van der Waals surface area contributed by atoms with Crippen LogP contribution in [0.5, 0.6) is 0 Å². The maximum Gasteiger partial charge on any atom is 0.273 e. The number of nitrogens with two attached hydrogens (primary N) is 2. The molecule has 2 aliphatic rings. The number of carbonyl (C=O) groups excluding carboxylic acids is 1. The first-order valence-corrected chi connectivity index (χ1v) is 15.2. The van der Waals surface area contributed by atoms with E-state index in [2.05, 4.69) is 9.98 Å². The van der Waals surface area contributed by atoms with Crippen LogP contribution < -0.4 is 11.5 Å². The normalized spacial score (nSPS) is 15.7. The molecule has 0 unspecified atom stereocenters. The summed E-state index contributed by atoms with van der Waals surface area (Å²) in [4.78, 5) is 28.3. The standard InChI is InChI=1S/C30H34N6O5S/c1-2-9-36(41-20-21-3-7-26(31)8-4-21)30(37)24-14-23-6-5-22(16-28(23)34-29(32)17-24)25-15-27(19-33-18-25)42(38,39)35-10-12-40-13-11-35/h3-8,14-16,18-19H,2,9-13,17,20,31H2,1H3,(H2,32,34). The second-order valence-corrected chi connectivity index (χ2v) is 12.0. The molecule has 0 bridgehead atoms. The SMILES string of the molecule is CCCN(OCc1ccc(N)cc1)C(=O)C1=Cc2ccc(-c3cncc(S(=O)(=O)N4CCOCC4)c3)cc2N=C(N)C1. The maximum atomic E-state index is 13.5. The van der Waals surface area contributed by atoms with Gasteiger partial charge in [-0.25, -0.2) is 18.5 Å².